The molecule has 2 aliphatic heterocycles. The number of fused-ring (bicyclic) bond motifs is 10. The van der Waals surface area contributed by atoms with Crippen molar-refractivity contribution in [3.8, 4) is 5.69 Å². The minimum atomic E-state index is 0.0465. The van der Waals surface area contributed by atoms with Crippen LogP contribution in [0, 0.1) is 0 Å². The first-order valence-electron chi connectivity index (χ1n) is 13.7. The lowest BCUT2D eigenvalue weighted by molar-refractivity contribution is 0.147. The largest absolute Gasteiger partial charge is 0.492 e. The highest BCUT2D eigenvalue weighted by Gasteiger charge is 2.49. The van der Waals surface area contributed by atoms with Gasteiger partial charge in [0.1, 0.15) is 6.10 Å². The van der Waals surface area contributed by atoms with Gasteiger partial charge in [-0.3, -0.25) is 0 Å². The van der Waals surface area contributed by atoms with Crippen LogP contribution >= 0.6 is 0 Å². The van der Waals surface area contributed by atoms with Crippen molar-refractivity contribution in [2.24, 2.45) is 0 Å². The second kappa shape index (κ2) is 8.13. The van der Waals surface area contributed by atoms with Gasteiger partial charge in [0.25, 0.3) is 6.71 Å². The topological polar surface area (TPSA) is 14.2 Å². The zero-order valence-corrected chi connectivity index (χ0v) is 21.7. The monoisotopic (exact) mass is 489 g/mol. The smallest absolute Gasteiger partial charge is 0.268 e. The van der Waals surface area contributed by atoms with Crippen molar-refractivity contribution in [1.82, 2.24) is 4.57 Å². The molecule has 0 saturated heterocycles. The van der Waals surface area contributed by atoms with E-state index in [-0.39, 0.29) is 12.8 Å². The molecular weight excluding hydrogens is 461 g/mol. The molecule has 3 heteroatoms. The molecule has 0 spiro atoms. The van der Waals surface area contributed by atoms with Gasteiger partial charge in [-0.05, 0) is 77.2 Å². The van der Waals surface area contributed by atoms with Crippen LogP contribution < -0.4 is 5.59 Å². The molecule has 8 rings (SSSR count). The molecule has 1 aromatic heterocycles. The second-order valence-corrected chi connectivity index (χ2v) is 10.7. The number of ether oxygens (including phenoxy) is 1. The van der Waals surface area contributed by atoms with E-state index in [1.807, 2.05) is 0 Å². The van der Waals surface area contributed by atoms with Gasteiger partial charge in [-0.1, -0.05) is 85.0 Å². The van der Waals surface area contributed by atoms with Crippen LogP contribution in [-0.2, 0) is 17.6 Å². The zero-order valence-electron chi connectivity index (χ0n) is 21.7. The summed E-state index contributed by atoms with van der Waals surface area (Å²) >= 11 is 0. The van der Waals surface area contributed by atoms with Crippen LogP contribution in [0.15, 0.2) is 108 Å². The number of allylic oxidation sites excluding steroid dienone is 7. The third-order valence-electron chi connectivity index (χ3n) is 8.80. The molecule has 0 amide bonds. The van der Waals surface area contributed by atoms with E-state index >= 15 is 0 Å². The van der Waals surface area contributed by atoms with Gasteiger partial charge in [-0.25, -0.2) is 0 Å². The van der Waals surface area contributed by atoms with E-state index in [1.165, 1.54) is 66.5 Å². The van der Waals surface area contributed by atoms with E-state index in [9.17, 15) is 0 Å². The van der Waals surface area contributed by atoms with E-state index < -0.39 is 0 Å². The maximum absolute atomic E-state index is 6.80. The van der Waals surface area contributed by atoms with E-state index in [2.05, 4.69) is 122 Å². The minimum Gasteiger partial charge on any atom is -0.492 e. The van der Waals surface area contributed by atoms with Crippen molar-refractivity contribution in [3.63, 3.8) is 0 Å². The van der Waals surface area contributed by atoms with Gasteiger partial charge < -0.3 is 9.30 Å². The Morgan fingerprint density at radius 3 is 2.61 bits per heavy atom. The van der Waals surface area contributed by atoms with Crippen LogP contribution in [0.2, 0.25) is 0 Å². The highest BCUT2D eigenvalue weighted by atomic mass is 16.5. The molecule has 0 bridgehead atoms. The molecule has 0 N–H and O–H groups in total. The Hall–Kier alpha value is -4.24. The highest BCUT2D eigenvalue weighted by molar-refractivity contribution is 6.92. The van der Waals surface area contributed by atoms with Gasteiger partial charge in [0.2, 0.25) is 0 Å². The molecule has 182 valence electrons. The molecular formula is C35H28BNO. The number of benzene rings is 3. The van der Waals surface area contributed by atoms with Gasteiger partial charge in [0.05, 0.1) is 11.3 Å². The summed E-state index contributed by atoms with van der Waals surface area (Å²) in [5, 5.41) is 1.31. The fourth-order valence-corrected chi connectivity index (χ4v) is 7.27. The Morgan fingerprint density at radius 1 is 0.921 bits per heavy atom. The SMILES string of the molecule is C/C=C1\C2=C(C)OC3Cc4c(ccc5c4CC=CC=C5)C=C3B2c2c1c1ccccc1n2-c1ccccc1. The Labute approximate surface area is 224 Å². The molecule has 38 heavy (non-hydrogen) atoms. The molecule has 0 radical (unpaired) electrons. The lowest BCUT2D eigenvalue weighted by Crippen LogP contribution is -2.45. The second-order valence-electron chi connectivity index (χ2n) is 10.7. The standard InChI is InChI=1S/C35H28BNO/c1-3-26-33-28-16-10-11-17-31(28)37(25-13-7-5-8-14-25)35(33)36-30-20-24-19-18-23-12-6-4-9-15-27(23)29(24)21-32(30)38-22(2)34(26)36/h3-14,16-20,32H,15,21H2,1-2H3/b26-3-. The first-order chi connectivity index (χ1) is 18.7. The maximum atomic E-state index is 6.80. The third kappa shape index (κ3) is 2.90. The molecule has 1 atom stereocenters. The summed E-state index contributed by atoms with van der Waals surface area (Å²) < 4.78 is 9.30. The minimum absolute atomic E-state index is 0.0465. The number of nitrogens with zero attached hydrogens (tertiary/aromatic N) is 1. The molecule has 4 aliphatic rings. The van der Waals surface area contributed by atoms with Crippen LogP contribution in [-0.4, -0.2) is 17.4 Å². The fraction of sp³-hybridized carbons (Fsp3) is 0.143. The Bertz CT molecular complexity index is 1810. The van der Waals surface area contributed by atoms with Crippen LogP contribution in [0.5, 0.6) is 0 Å². The van der Waals surface area contributed by atoms with Crippen molar-refractivity contribution in [2.45, 2.75) is 32.8 Å². The lowest BCUT2D eigenvalue weighted by atomic mass is 9.36. The summed E-state index contributed by atoms with van der Waals surface area (Å²) in [6.45, 7) is 4.52. The van der Waals surface area contributed by atoms with E-state index in [0.29, 0.717) is 0 Å². The summed E-state index contributed by atoms with van der Waals surface area (Å²) in [4.78, 5) is 0. The van der Waals surface area contributed by atoms with E-state index in [1.54, 1.807) is 0 Å². The molecule has 4 aromatic rings. The predicted octanol–water partition coefficient (Wildman–Crippen LogP) is 7.27. The summed E-state index contributed by atoms with van der Waals surface area (Å²) in [7, 11) is 0. The van der Waals surface area contributed by atoms with Crippen LogP contribution in [0.3, 0.4) is 0 Å². The van der Waals surface area contributed by atoms with Crippen LogP contribution in [0.4, 0.5) is 0 Å². The predicted molar refractivity (Wildman–Crippen MR) is 160 cm³/mol. The van der Waals surface area contributed by atoms with Crippen molar-refractivity contribution in [1.29, 1.82) is 0 Å². The van der Waals surface area contributed by atoms with Crippen molar-refractivity contribution in [3.05, 3.63) is 136 Å². The van der Waals surface area contributed by atoms with Gasteiger partial charge >= 0.3 is 0 Å². The van der Waals surface area contributed by atoms with Gasteiger partial charge in [-0.15, -0.1) is 0 Å². The number of rotatable bonds is 1. The fourth-order valence-electron chi connectivity index (χ4n) is 7.27. The van der Waals surface area contributed by atoms with Crippen LogP contribution in [0.25, 0.3) is 34.3 Å². The number of aromatic nitrogens is 1. The van der Waals surface area contributed by atoms with E-state index in [0.717, 1.165) is 18.6 Å². The Balaban J connectivity index is 1.42. The Morgan fingerprint density at radius 2 is 1.74 bits per heavy atom. The summed E-state index contributed by atoms with van der Waals surface area (Å²) in [5.74, 6) is 1.07. The first kappa shape index (κ1) is 21.8. The molecule has 2 nitrogen and oxygen atoms in total. The average molecular weight is 489 g/mol. The highest BCUT2D eigenvalue weighted by Crippen LogP contribution is 2.47. The Kier molecular flexibility index (Phi) is 4.67. The van der Waals surface area contributed by atoms with Gasteiger partial charge in [-0.2, -0.15) is 0 Å². The summed E-state index contributed by atoms with van der Waals surface area (Å²) in [5.41, 5.74) is 14.8. The number of hydrogen-bond donors (Lipinski definition) is 0. The van der Waals surface area contributed by atoms with Crippen molar-refractivity contribution in [2.75, 3.05) is 0 Å². The quantitative estimate of drug-likeness (QED) is 0.257. The van der Waals surface area contributed by atoms with Crippen LogP contribution in [0.1, 0.15) is 41.7 Å². The molecule has 0 saturated carbocycles. The average Bonchev–Trinajstić information content (AvgIpc) is 3.34. The van der Waals surface area contributed by atoms with Gasteiger partial charge in [0, 0.05) is 28.7 Å². The summed E-state index contributed by atoms with van der Waals surface area (Å²) in [6, 6.07) is 24.3. The maximum Gasteiger partial charge on any atom is 0.268 e. The molecule has 2 aliphatic carbocycles. The first-order valence-corrected chi connectivity index (χ1v) is 13.7. The number of hydrogen-bond acceptors (Lipinski definition) is 1. The zero-order chi connectivity index (χ0) is 25.4. The van der Waals surface area contributed by atoms with E-state index in [4.69, 9.17) is 4.74 Å². The summed E-state index contributed by atoms with van der Waals surface area (Å²) in [6.07, 6.45) is 15.5. The molecule has 0 fully saturated rings. The molecule has 3 heterocycles. The molecule has 3 aromatic carbocycles. The lowest BCUT2D eigenvalue weighted by Gasteiger charge is -2.36. The van der Waals surface area contributed by atoms with Gasteiger partial charge in [0.15, 0.2) is 0 Å². The van der Waals surface area contributed by atoms with Crippen molar-refractivity contribution >= 4 is 40.9 Å². The normalized spacial score (nSPS) is 19.9. The molecule has 1 unspecified atom stereocenters. The third-order valence-corrected chi connectivity index (χ3v) is 8.80. The number of para-hydroxylation sites is 2. The van der Waals surface area contributed by atoms with Crippen molar-refractivity contribution < 1.29 is 4.74 Å².